The van der Waals surface area contributed by atoms with Crippen molar-refractivity contribution in [3.8, 4) is 0 Å². The third-order valence-electron chi connectivity index (χ3n) is 1.50. The summed E-state index contributed by atoms with van der Waals surface area (Å²) in [4.78, 5) is 0. The van der Waals surface area contributed by atoms with Crippen molar-refractivity contribution in [3.05, 3.63) is 11.5 Å². The first-order valence-corrected chi connectivity index (χ1v) is 3.38. The maximum absolute atomic E-state index is 8.98. The molecule has 1 N–H and O–H groups in total. The minimum absolute atomic E-state index is 0.178. The number of ether oxygens (including phenoxy) is 1. The van der Waals surface area contributed by atoms with Crippen molar-refractivity contribution in [2.24, 2.45) is 0 Å². The van der Waals surface area contributed by atoms with Crippen molar-refractivity contribution < 1.29 is 9.84 Å². The van der Waals surface area contributed by atoms with Gasteiger partial charge in [0.1, 0.15) is 0 Å². The number of aliphatic hydroxyl groups excluding tert-OH is 1. The Labute approximate surface area is 55.1 Å². The van der Waals surface area contributed by atoms with E-state index in [1.165, 1.54) is 0 Å². The second kappa shape index (κ2) is 2.76. The van der Waals surface area contributed by atoms with Gasteiger partial charge in [-0.15, -0.1) is 0 Å². The topological polar surface area (TPSA) is 29.5 Å². The molecule has 1 aliphatic rings. The highest BCUT2D eigenvalue weighted by molar-refractivity contribution is 5.06. The first-order chi connectivity index (χ1) is 4.34. The monoisotopic (exact) mass is 128 g/mol. The normalized spacial score (nSPS) is 18.3. The summed E-state index contributed by atoms with van der Waals surface area (Å²) in [5.41, 5.74) is 1.08. The minimum Gasteiger partial charge on any atom is -0.481 e. The van der Waals surface area contributed by atoms with Gasteiger partial charge in [-0.05, 0) is 6.42 Å². The van der Waals surface area contributed by atoms with E-state index in [0.717, 1.165) is 24.8 Å². The smallest absolute Gasteiger partial charge is 0.275 e. The molecule has 1 heterocycles. The fraction of sp³-hybridized carbons (Fsp3) is 0.714. The molecular weight excluding hydrogens is 116 g/mol. The molecule has 0 aromatic heterocycles. The SMILES string of the molecule is CCCC1=C(O)OCC1. The molecule has 0 saturated carbocycles. The Morgan fingerprint density at radius 1 is 1.67 bits per heavy atom. The Bertz CT molecular complexity index is 127. The maximum Gasteiger partial charge on any atom is 0.275 e. The van der Waals surface area contributed by atoms with Gasteiger partial charge in [-0.2, -0.15) is 0 Å². The molecule has 2 nitrogen and oxygen atoms in total. The van der Waals surface area contributed by atoms with Crippen LogP contribution in [0.2, 0.25) is 0 Å². The Kier molecular flexibility index (Phi) is 1.98. The lowest BCUT2D eigenvalue weighted by Crippen LogP contribution is -1.82. The van der Waals surface area contributed by atoms with Crippen molar-refractivity contribution in [1.29, 1.82) is 0 Å². The van der Waals surface area contributed by atoms with Crippen LogP contribution in [0.1, 0.15) is 26.2 Å². The molecule has 0 spiro atoms. The maximum atomic E-state index is 8.98. The van der Waals surface area contributed by atoms with E-state index in [1.807, 2.05) is 0 Å². The van der Waals surface area contributed by atoms with Crippen LogP contribution < -0.4 is 0 Å². The highest BCUT2D eigenvalue weighted by Gasteiger charge is 2.12. The van der Waals surface area contributed by atoms with E-state index in [0.29, 0.717) is 6.61 Å². The average Bonchev–Trinajstić information content (AvgIpc) is 2.18. The lowest BCUT2D eigenvalue weighted by Gasteiger charge is -1.94. The highest BCUT2D eigenvalue weighted by Crippen LogP contribution is 2.20. The standard InChI is InChI=1S/C7H12O2/c1-2-3-6-4-5-9-7(6)8/h8H,2-5H2,1H3. The molecule has 52 valence electrons. The van der Waals surface area contributed by atoms with Crippen LogP contribution in [0.4, 0.5) is 0 Å². The second-order valence-corrected chi connectivity index (χ2v) is 2.26. The van der Waals surface area contributed by atoms with Gasteiger partial charge in [0, 0.05) is 12.0 Å². The molecule has 0 unspecified atom stereocenters. The van der Waals surface area contributed by atoms with Gasteiger partial charge in [0.15, 0.2) is 0 Å². The molecule has 1 rings (SSSR count). The highest BCUT2D eigenvalue weighted by atomic mass is 16.6. The van der Waals surface area contributed by atoms with Crippen LogP contribution in [-0.4, -0.2) is 11.7 Å². The average molecular weight is 128 g/mol. The summed E-state index contributed by atoms with van der Waals surface area (Å²) >= 11 is 0. The summed E-state index contributed by atoms with van der Waals surface area (Å²) in [6, 6.07) is 0. The summed E-state index contributed by atoms with van der Waals surface area (Å²) in [6.45, 7) is 2.76. The summed E-state index contributed by atoms with van der Waals surface area (Å²) in [5.74, 6) is 0.178. The summed E-state index contributed by atoms with van der Waals surface area (Å²) in [7, 11) is 0. The van der Waals surface area contributed by atoms with Crippen LogP contribution in [0.5, 0.6) is 0 Å². The van der Waals surface area contributed by atoms with Crippen molar-refractivity contribution >= 4 is 0 Å². The fourth-order valence-corrected chi connectivity index (χ4v) is 1.01. The molecule has 0 saturated heterocycles. The summed E-state index contributed by atoms with van der Waals surface area (Å²) in [5, 5.41) is 8.98. The zero-order chi connectivity index (χ0) is 6.69. The molecule has 2 heteroatoms. The van der Waals surface area contributed by atoms with E-state index in [2.05, 4.69) is 6.92 Å². The second-order valence-electron chi connectivity index (χ2n) is 2.26. The first kappa shape index (κ1) is 6.46. The first-order valence-electron chi connectivity index (χ1n) is 3.38. The third kappa shape index (κ3) is 1.37. The molecule has 0 fully saturated rings. The van der Waals surface area contributed by atoms with E-state index in [4.69, 9.17) is 9.84 Å². The fourth-order valence-electron chi connectivity index (χ4n) is 1.01. The number of hydrogen-bond acceptors (Lipinski definition) is 2. The largest absolute Gasteiger partial charge is 0.481 e. The molecule has 9 heavy (non-hydrogen) atoms. The Balaban J connectivity index is 2.45. The molecule has 0 amide bonds. The zero-order valence-corrected chi connectivity index (χ0v) is 5.68. The lowest BCUT2D eigenvalue weighted by atomic mass is 10.1. The van der Waals surface area contributed by atoms with Crippen LogP contribution in [0.25, 0.3) is 0 Å². The van der Waals surface area contributed by atoms with Gasteiger partial charge in [0.05, 0.1) is 6.61 Å². The molecule has 0 aromatic carbocycles. The van der Waals surface area contributed by atoms with Crippen LogP contribution in [0, 0.1) is 0 Å². The van der Waals surface area contributed by atoms with Crippen LogP contribution in [0.15, 0.2) is 11.5 Å². The van der Waals surface area contributed by atoms with Gasteiger partial charge in [0.25, 0.3) is 5.95 Å². The van der Waals surface area contributed by atoms with Crippen molar-refractivity contribution in [2.75, 3.05) is 6.61 Å². The van der Waals surface area contributed by atoms with Crippen molar-refractivity contribution in [2.45, 2.75) is 26.2 Å². The van der Waals surface area contributed by atoms with E-state index in [-0.39, 0.29) is 5.95 Å². The molecule has 0 aliphatic carbocycles. The molecule has 0 bridgehead atoms. The Morgan fingerprint density at radius 3 is 2.89 bits per heavy atom. The van der Waals surface area contributed by atoms with Gasteiger partial charge < -0.3 is 9.84 Å². The number of aliphatic hydroxyl groups is 1. The van der Waals surface area contributed by atoms with Crippen LogP contribution in [-0.2, 0) is 4.74 Å². The lowest BCUT2D eigenvalue weighted by molar-refractivity contribution is 0.117. The minimum atomic E-state index is 0.178. The summed E-state index contributed by atoms with van der Waals surface area (Å²) < 4.78 is 4.85. The number of hydrogen-bond donors (Lipinski definition) is 1. The number of rotatable bonds is 2. The van der Waals surface area contributed by atoms with E-state index in [1.54, 1.807) is 0 Å². The quantitative estimate of drug-likeness (QED) is 0.616. The predicted octanol–water partition coefficient (Wildman–Crippen LogP) is 1.98. The Morgan fingerprint density at radius 2 is 2.44 bits per heavy atom. The van der Waals surface area contributed by atoms with Gasteiger partial charge in [-0.3, -0.25) is 0 Å². The van der Waals surface area contributed by atoms with Gasteiger partial charge in [0.2, 0.25) is 0 Å². The predicted molar refractivity (Wildman–Crippen MR) is 35.1 cm³/mol. The third-order valence-corrected chi connectivity index (χ3v) is 1.50. The van der Waals surface area contributed by atoms with Gasteiger partial charge in [-0.1, -0.05) is 13.3 Å². The van der Waals surface area contributed by atoms with E-state index in [9.17, 15) is 0 Å². The zero-order valence-electron chi connectivity index (χ0n) is 5.68. The van der Waals surface area contributed by atoms with Gasteiger partial charge >= 0.3 is 0 Å². The Hall–Kier alpha value is -0.660. The molecule has 0 aromatic rings. The van der Waals surface area contributed by atoms with Gasteiger partial charge in [-0.25, -0.2) is 0 Å². The summed E-state index contributed by atoms with van der Waals surface area (Å²) in [6.07, 6.45) is 2.98. The molecule has 1 aliphatic heterocycles. The molecular formula is C7H12O2. The van der Waals surface area contributed by atoms with Crippen molar-refractivity contribution in [1.82, 2.24) is 0 Å². The van der Waals surface area contributed by atoms with Crippen molar-refractivity contribution in [3.63, 3.8) is 0 Å². The molecule has 0 atom stereocenters. The van der Waals surface area contributed by atoms with E-state index < -0.39 is 0 Å². The van der Waals surface area contributed by atoms with E-state index >= 15 is 0 Å². The van der Waals surface area contributed by atoms with Crippen LogP contribution in [0.3, 0.4) is 0 Å². The molecule has 0 radical (unpaired) electrons. The van der Waals surface area contributed by atoms with Crippen LogP contribution >= 0.6 is 0 Å².